The molecule has 2 fully saturated rings. The van der Waals surface area contributed by atoms with Gasteiger partial charge >= 0.3 is 6.03 Å². The number of aliphatic hydroxyl groups is 1. The van der Waals surface area contributed by atoms with Crippen molar-refractivity contribution in [3.8, 4) is 0 Å². The highest BCUT2D eigenvalue weighted by atomic mass is 16.3. The van der Waals surface area contributed by atoms with Gasteiger partial charge in [-0.25, -0.2) is 4.79 Å². The van der Waals surface area contributed by atoms with Gasteiger partial charge in [0.05, 0.1) is 6.10 Å². The van der Waals surface area contributed by atoms with E-state index in [9.17, 15) is 9.90 Å². The van der Waals surface area contributed by atoms with Gasteiger partial charge in [-0.1, -0.05) is 19.3 Å². The Morgan fingerprint density at radius 3 is 2.60 bits per heavy atom. The molecule has 0 aromatic heterocycles. The number of hydrogen-bond acceptors (Lipinski definition) is 2. The van der Waals surface area contributed by atoms with E-state index in [4.69, 9.17) is 0 Å². The van der Waals surface area contributed by atoms with Crippen molar-refractivity contribution in [3.05, 3.63) is 0 Å². The predicted octanol–water partition coefficient (Wildman–Crippen LogP) is 2.81. The molecule has 0 radical (unpaired) electrons. The van der Waals surface area contributed by atoms with Crippen LogP contribution in [0.15, 0.2) is 0 Å². The first-order chi connectivity index (χ1) is 9.66. The molecule has 4 heteroatoms. The second-order valence-corrected chi connectivity index (χ2v) is 6.63. The van der Waals surface area contributed by atoms with Gasteiger partial charge in [0, 0.05) is 12.6 Å². The Labute approximate surface area is 122 Å². The van der Waals surface area contributed by atoms with E-state index in [1.807, 2.05) is 0 Å². The van der Waals surface area contributed by atoms with Crippen molar-refractivity contribution in [3.63, 3.8) is 0 Å². The monoisotopic (exact) mass is 282 g/mol. The fourth-order valence-corrected chi connectivity index (χ4v) is 3.41. The van der Waals surface area contributed by atoms with Crippen LogP contribution < -0.4 is 10.6 Å². The average molecular weight is 282 g/mol. The minimum Gasteiger partial charge on any atom is -0.393 e. The zero-order valence-corrected chi connectivity index (χ0v) is 12.7. The van der Waals surface area contributed by atoms with Crippen molar-refractivity contribution in [1.29, 1.82) is 0 Å². The molecule has 0 spiro atoms. The van der Waals surface area contributed by atoms with E-state index in [1.165, 1.54) is 25.7 Å². The number of rotatable bonds is 6. The van der Waals surface area contributed by atoms with Crippen molar-refractivity contribution >= 4 is 6.03 Å². The van der Waals surface area contributed by atoms with Gasteiger partial charge in [-0.2, -0.15) is 0 Å². The highest BCUT2D eigenvalue weighted by Gasteiger charge is 2.25. The molecule has 0 bridgehead atoms. The Balaban J connectivity index is 1.52. The molecule has 2 aliphatic rings. The van der Waals surface area contributed by atoms with Crippen LogP contribution in [0.4, 0.5) is 4.79 Å². The SMILES string of the molecule is CC(NC(=O)NCCCC1CCCCC1O)C1CCC1. The van der Waals surface area contributed by atoms with Crippen LogP contribution in [0.5, 0.6) is 0 Å². The van der Waals surface area contributed by atoms with Crippen LogP contribution in [0.3, 0.4) is 0 Å². The Hall–Kier alpha value is -0.770. The van der Waals surface area contributed by atoms with Gasteiger partial charge < -0.3 is 15.7 Å². The summed E-state index contributed by atoms with van der Waals surface area (Å²) in [6.45, 7) is 2.81. The van der Waals surface area contributed by atoms with Gasteiger partial charge in [-0.3, -0.25) is 0 Å². The van der Waals surface area contributed by atoms with E-state index in [-0.39, 0.29) is 12.1 Å². The third kappa shape index (κ3) is 4.65. The standard InChI is InChI=1S/C16H30N2O2/c1-12(13-7-4-8-13)18-16(20)17-11-5-9-14-6-2-3-10-15(14)19/h12-15,19H,2-11H2,1H3,(H2,17,18,20). The minimum atomic E-state index is -0.115. The predicted molar refractivity (Wildman–Crippen MR) is 80.5 cm³/mol. The van der Waals surface area contributed by atoms with Crippen LogP contribution in [0.2, 0.25) is 0 Å². The summed E-state index contributed by atoms with van der Waals surface area (Å²) in [5.41, 5.74) is 0. The summed E-state index contributed by atoms with van der Waals surface area (Å²) < 4.78 is 0. The lowest BCUT2D eigenvalue weighted by Crippen LogP contribution is -2.45. The Bertz CT molecular complexity index is 305. The van der Waals surface area contributed by atoms with Crippen molar-refractivity contribution < 1.29 is 9.90 Å². The minimum absolute atomic E-state index is 0.0337. The van der Waals surface area contributed by atoms with Gasteiger partial charge in [0.25, 0.3) is 0 Å². The van der Waals surface area contributed by atoms with Crippen LogP contribution in [0, 0.1) is 11.8 Å². The number of carbonyl (C=O) groups excluding carboxylic acids is 1. The van der Waals surface area contributed by atoms with E-state index in [1.54, 1.807) is 0 Å². The number of aliphatic hydroxyl groups excluding tert-OH is 1. The highest BCUT2D eigenvalue weighted by Crippen LogP contribution is 2.29. The summed E-state index contributed by atoms with van der Waals surface area (Å²) in [5, 5.41) is 15.9. The van der Waals surface area contributed by atoms with E-state index in [0.29, 0.717) is 24.4 Å². The third-order valence-electron chi connectivity index (χ3n) is 5.12. The Kier molecular flexibility index (Phi) is 6.14. The summed E-state index contributed by atoms with van der Waals surface area (Å²) in [5.74, 6) is 1.13. The molecule has 20 heavy (non-hydrogen) atoms. The second-order valence-electron chi connectivity index (χ2n) is 6.63. The fourth-order valence-electron chi connectivity index (χ4n) is 3.41. The molecule has 0 aromatic rings. The van der Waals surface area contributed by atoms with E-state index in [0.717, 1.165) is 32.1 Å². The number of hydrogen-bond donors (Lipinski definition) is 3. The smallest absolute Gasteiger partial charge is 0.315 e. The molecular formula is C16H30N2O2. The largest absolute Gasteiger partial charge is 0.393 e. The van der Waals surface area contributed by atoms with Crippen LogP contribution >= 0.6 is 0 Å². The quantitative estimate of drug-likeness (QED) is 0.656. The van der Waals surface area contributed by atoms with Crippen LogP contribution in [-0.4, -0.2) is 29.8 Å². The first-order valence-corrected chi connectivity index (χ1v) is 8.39. The van der Waals surface area contributed by atoms with E-state index in [2.05, 4.69) is 17.6 Å². The number of nitrogens with one attached hydrogen (secondary N) is 2. The molecule has 3 unspecified atom stereocenters. The lowest BCUT2D eigenvalue weighted by atomic mass is 9.80. The van der Waals surface area contributed by atoms with Crippen LogP contribution in [0.25, 0.3) is 0 Å². The normalized spacial score (nSPS) is 28.5. The molecule has 3 atom stereocenters. The molecule has 2 saturated carbocycles. The zero-order chi connectivity index (χ0) is 14.4. The summed E-state index contributed by atoms with van der Waals surface area (Å²) >= 11 is 0. The first-order valence-electron chi connectivity index (χ1n) is 8.39. The van der Waals surface area contributed by atoms with Crippen molar-refractivity contribution in [2.24, 2.45) is 11.8 Å². The summed E-state index contributed by atoms with van der Waals surface area (Å²) in [4.78, 5) is 11.7. The molecule has 116 valence electrons. The summed E-state index contributed by atoms with van der Waals surface area (Å²) in [7, 11) is 0. The molecule has 2 amide bonds. The second kappa shape index (κ2) is 7.87. The number of carbonyl (C=O) groups is 1. The zero-order valence-electron chi connectivity index (χ0n) is 12.7. The van der Waals surface area contributed by atoms with Gasteiger partial charge in [-0.05, 0) is 57.3 Å². The topological polar surface area (TPSA) is 61.4 Å². The number of urea groups is 1. The molecule has 4 nitrogen and oxygen atoms in total. The maximum atomic E-state index is 11.7. The van der Waals surface area contributed by atoms with Gasteiger partial charge in [0.15, 0.2) is 0 Å². The molecule has 2 rings (SSSR count). The molecule has 0 aliphatic heterocycles. The maximum absolute atomic E-state index is 11.7. The van der Waals surface area contributed by atoms with Crippen molar-refractivity contribution in [1.82, 2.24) is 10.6 Å². The van der Waals surface area contributed by atoms with Crippen molar-refractivity contribution in [2.75, 3.05) is 6.54 Å². The van der Waals surface area contributed by atoms with E-state index >= 15 is 0 Å². The third-order valence-corrected chi connectivity index (χ3v) is 5.12. The Morgan fingerprint density at radius 1 is 1.20 bits per heavy atom. The average Bonchev–Trinajstić information content (AvgIpc) is 2.34. The molecule has 3 N–H and O–H groups in total. The van der Waals surface area contributed by atoms with Crippen LogP contribution in [0.1, 0.15) is 64.7 Å². The van der Waals surface area contributed by atoms with Gasteiger partial charge in [0.1, 0.15) is 0 Å². The molecule has 0 aromatic carbocycles. The lowest BCUT2D eigenvalue weighted by Gasteiger charge is -2.31. The van der Waals surface area contributed by atoms with Crippen LogP contribution in [-0.2, 0) is 0 Å². The van der Waals surface area contributed by atoms with Gasteiger partial charge in [-0.15, -0.1) is 0 Å². The summed E-state index contributed by atoms with van der Waals surface area (Å²) in [6.07, 6.45) is 10.2. The lowest BCUT2D eigenvalue weighted by molar-refractivity contribution is 0.0644. The van der Waals surface area contributed by atoms with Crippen molar-refractivity contribution in [2.45, 2.75) is 76.9 Å². The van der Waals surface area contributed by atoms with E-state index < -0.39 is 0 Å². The molecule has 0 heterocycles. The molecule has 0 saturated heterocycles. The first kappa shape index (κ1) is 15.6. The fraction of sp³-hybridized carbons (Fsp3) is 0.938. The number of amides is 2. The summed E-state index contributed by atoms with van der Waals surface area (Å²) in [6, 6.07) is 0.262. The Morgan fingerprint density at radius 2 is 1.95 bits per heavy atom. The highest BCUT2D eigenvalue weighted by molar-refractivity contribution is 5.74. The molecule has 2 aliphatic carbocycles. The molecular weight excluding hydrogens is 252 g/mol. The van der Waals surface area contributed by atoms with Gasteiger partial charge in [0.2, 0.25) is 0 Å². The maximum Gasteiger partial charge on any atom is 0.315 e.